The van der Waals surface area contributed by atoms with Crippen LogP contribution in [0.15, 0.2) is 67.4 Å². The highest BCUT2D eigenvalue weighted by Crippen LogP contribution is 2.21. The second-order valence-electron chi connectivity index (χ2n) is 5.10. The number of fused-ring (bicyclic) bond motifs is 1. The first-order valence-electron chi connectivity index (χ1n) is 7.22. The lowest BCUT2D eigenvalue weighted by Gasteiger charge is -2.04. The number of hydrogen-bond donors (Lipinski definition) is 0. The van der Waals surface area contributed by atoms with Crippen LogP contribution >= 0.6 is 0 Å². The van der Waals surface area contributed by atoms with Gasteiger partial charge in [-0.3, -0.25) is 9.78 Å². The molecule has 116 valence electrons. The number of rotatable bonds is 3. The molecule has 4 aromatic rings. The first-order valence-corrected chi connectivity index (χ1v) is 7.22. The number of hydrogen-bond acceptors (Lipinski definition) is 5. The van der Waals surface area contributed by atoms with Crippen molar-refractivity contribution in [1.82, 2.24) is 19.6 Å². The van der Waals surface area contributed by atoms with Crippen LogP contribution in [0.25, 0.3) is 16.9 Å². The Morgan fingerprint density at radius 3 is 2.71 bits per heavy atom. The van der Waals surface area contributed by atoms with Crippen LogP contribution in [-0.2, 0) is 0 Å². The molecule has 7 nitrogen and oxygen atoms in total. The minimum atomic E-state index is -0.417. The first-order chi connectivity index (χ1) is 11.8. The highest BCUT2D eigenvalue weighted by atomic mass is 16.5. The van der Waals surface area contributed by atoms with E-state index in [2.05, 4.69) is 15.1 Å². The lowest BCUT2D eigenvalue weighted by atomic mass is 10.1. The van der Waals surface area contributed by atoms with Crippen molar-refractivity contribution >= 4 is 11.4 Å². The van der Waals surface area contributed by atoms with Crippen molar-refractivity contribution in [3.05, 3.63) is 83.8 Å². The molecule has 0 aliphatic carbocycles. The Hall–Kier alpha value is -3.61. The molecule has 0 radical (unpaired) electrons. The van der Waals surface area contributed by atoms with Gasteiger partial charge in [0.25, 0.3) is 11.5 Å². The fourth-order valence-corrected chi connectivity index (χ4v) is 2.54. The van der Waals surface area contributed by atoms with Crippen LogP contribution < -0.4 is 4.73 Å². The van der Waals surface area contributed by atoms with Gasteiger partial charge in [0.1, 0.15) is 0 Å². The lowest BCUT2D eigenvalue weighted by molar-refractivity contribution is -0.607. The van der Waals surface area contributed by atoms with Crippen LogP contribution in [0, 0.1) is 5.21 Å². The Balaban J connectivity index is 1.88. The van der Waals surface area contributed by atoms with E-state index in [1.54, 1.807) is 41.3 Å². The molecular formula is C17H11N5O2. The number of pyridine rings is 2. The summed E-state index contributed by atoms with van der Waals surface area (Å²) in [4.78, 5) is 20.9. The molecule has 0 fully saturated rings. The number of aromatic nitrogens is 5. The average Bonchev–Trinajstić information content (AvgIpc) is 3.06. The van der Waals surface area contributed by atoms with E-state index in [-0.39, 0.29) is 11.3 Å². The van der Waals surface area contributed by atoms with Gasteiger partial charge in [-0.15, -0.1) is 0 Å². The SMILES string of the molecule is O=C(c1cnn2c(-c3ccncc3)ccnc12)c1cccc[n+]1[O-]. The minimum Gasteiger partial charge on any atom is -0.618 e. The van der Waals surface area contributed by atoms with E-state index in [0.717, 1.165) is 11.3 Å². The Bertz CT molecular complexity index is 1040. The van der Waals surface area contributed by atoms with Crippen LogP contribution in [0.1, 0.15) is 16.1 Å². The van der Waals surface area contributed by atoms with Crippen molar-refractivity contribution in [2.75, 3.05) is 0 Å². The maximum absolute atomic E-state index is 12.7. The zero-order valence-corrected chi connectivity index (χ0v) is 12.4. The van der Waals surface area contributed by atoms with E-state index in [1.807, 2.05) is 12.1 Å². The molecule has 0 bridgehead atoms. The topological polar surface area (TPSA) is 87.1 Å². The Morgan fingerprint density at radius 2 is 1.92 bits per heavy atom. The molecule has 0 saturated heterocycles. The molecule has 0 aromatic carbocycles. The normalized spacial score (nSPS) is 10.8. The first kappa shape index (κ1) is 14.0. The van der Waals surface area contributed by atoms with Gasteiger partial charge in [-0.25, -0.2) is 9.50 Å². The summed E-state index contributed by atoms with van der Waals surface area (Å²) in [5.41, 5.74) is 2.39. The zero-order valence-electron chi connectivity index (χ0n) is 12.4. The van der Waals surface area contributed by atoms with E-state index < -0.39 is 5.78 Å². The standard InChI is InChI=1S/C17H11N5O2/c23-16(15-3-1-2-10-21(15)24)13-11-20-22-14(6-9-19-17(13)22)12-4-7-18-8-5-12/h1-11H. The van der Waals surface area contributed by atoms with E-state index >= 15 is 0 Å². The number of ketones is 1. The van der Waals surface area contributed by atoms with Crippen LogP contribution in [0.5, 0.6) is 0 Å². The Kier molecular flexibility index (Phi) is 3.24. The van der Waals surface area contributed by atoms with E-state index in [1.165, 1.54) is 18.5 Å². The van der Waals surface area contributed by atoms with Gasteiger partial charge >= 0.3 is 0 Å². The molecule has 0 N–H and O–H groups in total. The average molecular weight is 317 g/mol. The summed E-state index contributed by atoms with van der Waals surface area (Å²) < 4.78 is 2.12. The van der Waals surface area contributed by atoms with Crippen LogP contribution in [0.3, 0.4) is 0 Å². The number of carbonyl (C=O) groups excluding carboxylic acids is 1. The highest BCUT2D eigenvalue weighted by molar-refractivity contribution is 6.10. The second kappa shape index (κ2) is 5.54. The van der Waals surface area contributed by atoms with Gasteiger partial charge in [0, 0.05) is 36.3 Å². The maximum Gasteiger partial charge on any atom is 0.265 e. The molecule has 4 aromatic heterocycles. The van der Waals surface area contributed by atoms with Gasteiger partial charge in [0.2, 0.25) is 0 Å². The summed E-state index contributed by atoms with van der Waals surface area (Å²) in [6, 6.07) is 10.2. The van der Waals surface area contributed by atoms with Gasteiger partial charge < -0.3 is 5.21 Å². The Morgan fingerprint density at radius 1 is 1.08 bits per heavy atom. The van der Waals surface area contributed by atoms with Gasteiger partial charge in [-0.1, -0.05) is 0 Å². The summed E-state index contributed by atoms with van der Waals surface area (Å²) >= 11 is 0. The van der Waals surface area contributed by atoms with Crippen molar-refractivity contribution in [3.8, 4) is 11.3 Å². The third-order valence-corrected chi connectivity index (χ3v) is 3.68. The minimum absolute atomic E-state index is 0.0310. The van der Waals surface area contributed by atoms with Crippen molar-refractivity contribution in [1.29, 1.82) is 0 Å². The second-order valence-corrected chi connectivity index (χ2v) is 5.10. The molecule has 0 spiro atoms. The van der Waals surface area contributed by atoms with E-state index in [0.29, 0.717) is 10.4 Å². The quantitative estimate of drug-likeness (QED) is 0.326. The van der Waals surface area contributed by atoms with Crippen LogP contribution in [-0.4, -0.2) is 25.4 Å². The molecule has 24 heavy (non-hydrogen) atoms. The van der Waals surface area contributed by atoms with Gasteiger partial charge in [-0.05, 0) is 24.3 Å². The molecule has 7 heteroatoms. The number of nitrogens with zero attached hydrogens (tertiary/aromatic N) is 5. The summed E-state index contributed by atoms with van der Waals surface area (Å²) in [7, 11) is 0. The fraction of sp³-hybridized carbons (Fsp3) is 0. The van der Waals surface area contributed by atoms with Crippen molar-refractivity contribution in [2.45, 2.75) is 0 Å². The molecule has 4 rings (SSSR count). The highest BCUT2D eigenvalue weighted by Gasteiger charge is 2.23. The van der Waals surface area contributed by atoms with E-state index in [9.17, 15) is 10.0 Å². The smallest absolute Gasteiger partial charge is 0.265 e. The summed E-state index contributed by atoms with van der Waals surface area (Å²) in [6.07, 6.45) is 7.69. The number of carbonyl (C=O) groups is 1. The molecule has 4 heterocycles. The van der Waals surface area contributed by atoms with Gasteiger partial charge in [-0.2, -0.15) is 9.83 Å². The third-order valence-electron chi connectivity index (χ3n) is 3.68. The van der Waals surface area contributed by atoms with Crippen LogP contribution in [0.2, 0.25) is 0 Å². The molecule has 0 amide bonds. The molecule has 0 aliphatic rings. The van der Waals surface area contributed by atoms with Crippen molar-refractivity contribution in [3.63, 3.8) is 0 Å². The van der Waals surface area contributed by atoms with Crippen molar-refractivity contribution in [2.24, 2.45) is 0 Å². The van der Waals surface area contributed by atoms with E-state index in [4.69, 9.17) is 0 Å². The molecule has 0 saturated carbocycles. The predicted molar refractivity (Wildman–Crippen MR) is 85.1 cm³/mol. The molecular weight excluding hydrogens is 306 g/mol. The monoisotopic (exact) mass is 317 g/mol. The zero-order chi connectivity index (χ0) is 16.5. The van der Waals surface area contributed by atoms with Gasteiger partial charge in [0.15, 0.2) is 11.8 Å². The fourth-order valence-electron chi connectivity index (χ4n) is 2.54. The van der Waals surface area contributed by atoms with Gasteiger partial charge in [0.05, 0.1) is 17.5 Å². The predicted octanol–water partition coefficient (Wildman–Crippen LogP) is 1.66. The molecule has 0 unspecified atom stereocenters. The summed E-state index contributed by atoms with van der Waals surface area (Å²) in [5.74, 6) is -0.417. The third kappa shape index (κ3) is 2.19. The van der Waals surface area contributed by atoms with Crippen molar-refractivity contribution < 1.29 is 9.52 Å². The molecule has 0 aliphatic heterocycles. The lowest BCUT2D eigenvalue weighted by Crippen LogP contribution is -2.34. The maximum atomic E-state index is 12.7. The summed E-state index contributed by atoms with van der Waals surface area (Å²) in [5, 5.41) is 16.1. The largest absolute Gasteiger partial charge is 0.618 e. The molecule has 0 atom stereocenters. The van der Waals surface area contributed by atoms with Crippen LogP contribution in [0.4, 0.5) is 0 Å². The summed E-state index contributed by atoms with van der Waals surface area (Å²) in [6.45, 7) is 0. The Labute approximate surface area is 136 Å².